The summed E-state index contributed by atoms with van der Waals surface area (Å²) in [5, 5.41) is 3.47. The SMILES string of the molecule is C1CCC(C2COC(C3CCCN3)=N2)CC1. The van der Waals surface area contributed by atoms with E-state index in [0.29, 0.717) is 12.1 Å². The molecule has 1 saturated heterocycles. The Bertz CT molecular complexity index is 265. The predicted octanol–water partition coefficient (Wildman–Crippen LogP) is 2.12. The Morgan fingerprint density at radius 3 is 2.69 bits per heavy atom. The average Bonchev–Trinajstić information content (AvgIpc) is 3.01. The van der Waals surface area contributed by atoms with Gasteiger partial charge in [-0.15, -0.1) is 0 Å². The Morgan fingerprint density at radius 2 is 1.94 bits per heavy atom. The Labute approximate surface area is 97.7 Å². The fraction of sp³-hybridized carbons (Fsp3) is 0.923. The van der Waals surface area contributed by atoms with Crippen molar-refractivity contribution in [3.63, 3.8) is 0 Å². The van der Waals surface area contributed by atoms with Gasteiger partial charge in [-0.2, -0.15) is 0 Å². The molecule has 2 atom stereocenters. The van der Waals surface area contributed by atoms with Crippen molar-refractivity contribution < 1.29 is 4.74 Å². The minimum Gasteiger partial charge on any atom is -0.478 e. The lowest BCUT2D eigenvalue weighted by atomic mass is 9.84. The quantitative estimate of drug-likeness (QED) is 0.776. The van der Waals surface area contributed by atoms with Crippen LogP contribution in [0.25, 0.3) is 0 Å². The lowest BCUT2D eigenvalue weighted by molar-refractivity contribution is 0.236. The van der Waals surface area contributed by atoms with E-state index in [1.807, 2.05) is 0 Å². The van der Waals surface area contributed by atoms with E-state index in [4.69, 9.17) is 9.73 Å². The van der Waals surface area contributed by atoms with Gasteiger partial charge in [0.2, 0.25) is 5.90 Å². The molecule has 90 valence electrons. The van der Waals surface area contributed by atoms with E-state index in [-0.39, 0.29) is 0 Å². The molecule has 1 N–H and O–H groups in total. The summed E-state index contributed by atoms with van der Waals surface area (Å²) in [4.78, 5) is 4.83. The monoisotopic (exact) mass is 222 g/mol. The lowest BCUT2D eigenvalue weighted by Gasteiger charge is -2.24. The van der Waals surface area contributed by atoms with Gasteiger partial charge in [0.1, 0.15) is 6.61 Å². The van der Waals surface area contributed by atoms with Crippen molar-refractivity contribution in [3.8, 4) is 0 Å². The Kier molecular flexibility index (Phi) is 3.13. The molecule has 3 aliphatic rings. The van der Waals surface area contributed by atoms with Crippen LogP contribution in [0.15, 0.2) is 4.99 Å². The van der Waals surface area contributed by atoms with Gasteiger partial charge in [-0.05, 0) is 38.1 Å². The van der Waals surface area contributed by atoms with Crippen molar-refractivity contribution >= 4 is 5.90 Å². The van der Waals surface area contributed by atoms with E-state index in [9.17, 15) is 0 Å². The minimum absolute atomic E-state index is 0.425. The summed E-state index contributed by atoms with van der Waals surface area (Å²) < 4.78 is 5.79. The molecule has 0 spiro atoms. The van der Waals surface area contributed by atoms with Crippen LogP contribution in [0.5, 0.6) is 0 Å². The lowest BCUT2D eigenvalue weighted by Crippen LogP contribution is -2.30. The molecule has 16 heavy (non-hydrogen) atoms. The maximum atomic E-state index is 5.79. The third-order valence-corrected chi connectivity index (χ3v) is 4.25. The van der Waals surface area contributed by atoms with E-state index >= 15 is 0 Å². The molecule has 1 saturated carbocycles. The van der Waals surface area contributed by atoms with Crippen LogP contribution >= 0.6 is 0 Å². The van der Waals surface area contributed by atoms with Gasteiger partial charge >= 0.3 is 0 Å². The van der Waals surface area contributed by atoms with Crippen molar-refractivity contribution in [2.75, 3.05) is 13.2 Å². The van der Waals surface area contributed by atoms with E-state index in [2.05, 4.69) is 5.32 Å². The smallest absolute Gasteiger partial charge is 0.201 e. The predicted molar refractivity (Wildman–Crippen MR) is 64.8 cm³/mol. The molecule has 3 rings (SSSR count). The zero-order chi connectivity index (χ0) is 10.8. The topological polar surface area (TPSA) is 33.6 Å². The molecule has 2 unspecified atom stereocenters. The molecule has 0 aromatic rings. The van der Waals surface area contributed by atoms with Gasteiger partial charge < -0.3 is 10.1 Å². The zero-order valence-corrected chi connectivity index (χ0v) is 9.95. The normalized spacial score (nSPS) is 36.1. The van der Waals surface area contributed by atoms with Gasteiger partial charge in [-0.3, -0.25) is 0 Å². The summed E-state index contributed by atoms with van der Waals surface area (Å²) in [5.74, 6) is 1.81. The first-order valence-corrected chi connectivity index (χ1v) is 6.87. The van der Waals surface area contributed by atoms with Gasteiger partial charge in [-0.1, -0.05) is 19.3 Å². The maximum Gasteiger partial charge on any atom is 0.201 e. The number of nitrogens with zero attached hydrogens (tertiary/aromatic N) is 1. The Morgan fingerprint density at radius 1 is 1.06 bits per heavy atom. The van der Waals surface area contributed by atoms with Crippen LogP contribution < -0.4 is 5.32 Å². The molecule has 2 aliphatic heterocycles. The van der Waals surface area contributed by atoms with Crippen LogP contribution in [0.2, 0.25) is 0 Å². The number of nitrogens with one attached hydrogen (secondary N) is 1. The molecule has 0 amide bonds. The molecule has 2 fully saturated rings. The Hall–Kier alpha value is -0.570. The molecule has 0 bridgehead atoms. The molecule has 2 heterocycles. The largest absolute Gasteiger partial charge is 0.478 e. The number of hydrogen-bond donors (Lipinski definition) is 1. The van der Waals surface area contributed by atoms with Crippen molar-refractivity contribution in [1.82, 2.24) is 5.32 Å². The van der Waals surface area contributed by atoms with Crippen molar-refractivity contribution in [2.24, 2.45) is 10.9 Å². The van der Waals surface area contributed by atoms with Gasteiger partial charge in [0.15, 0.2) is 0 Å². The highest BCUT2D eigenvalue weighted by molar-refractivity contribution is 5.83. The number of hydrogen-bond acceptors (Lipinski definition) is 3. The molecule has 3 nitrogen and oxygen atoms in total. The zero-order valence-electron chi connectivity index (χ0n) is 9.95. The molecule has 1 aliphatic carbocycles. The highest BCUT2D eigenvalue weighted by Gasteiger charge is 2.32. The number of ether oxygens (including phenoxy) is 1. The van der Waals surface area contributed by atoms with Crippen LogP contribution in [0.1, 0.15) is 44.9 Å². The fourth-order valence-corrected chi connectivity index (χ4v) is 3.26. The van der Waals surface area contributed by atoms with Gasteiger partial charge in [0.05, 0.1) is 12.1 Å². The summed E-state index contributed by atoms with van der Waals surface area (Å²) in [6.45, 7) is 1.97. The summed E-state index contributed by atoms with van der Waals surface area (Å²) in [6, 6.07) is 0.895. The number of aliphatic imine (C=N–C) groups is 1. The van der Waals surface area contributed by atoms with Crippen LogP contribution in [0.3, 0.4) is 0 Å². The van der Waals surface area contributed by atoms with Gasteiger partial charge in [0, 0.05) is 0 Å². The number of rotatable bonds is 2. The van der Waals surface area contributed by atoms with Gasteiger partial charge in [0.25, 0.3) is 0 Å². The second-order valence-corrected chi connectivity index (χ2v) is 5.39. The second-order valence-electron chi connectivity index (χ2n) is 5.39. The molecule has 0 aromatic heterocycles. The second kappa shape index (κ2) is 4.74. The first-order valence-electron chi connectivity index (χ1n) is 6.87. The van der Waals surface area contributed by atoms with Crippen LogP contribution in [0, 0.1) is 5.92 Å². The van der Waals surface area contributed by atoms with E-state index in [1.54, 1.807) is 0 Å². The third-order valence-electron chi connectivity index (χ3n) is 4.25. The van der Waals surface area contributed by atoms with Crippen LogP contribution in [-0.4, -0.2) is 31.1 Å². The summed E-state index contributed by atoms with van der Waals surface area (Å²) in [5.41, 5.74) is 0. The summed E-state index contributed by atoms with van der Waals surface area (Å²) >= 11 is 0. The summed E-state index contributed by atoms with van der Waals surface area (Å²) in [7, 11) is 0. The summed E-state index contributed by atoms with van der Waals surface area (Å²) in [6.07, 6.45) is 9.41. The molecule has 0 radical (unpaired) electrons. The van der Waals surface area contributed by atoms with Crippen molar-refractivity contribution in [3.05, 3.63) is 0 Å². The average molecular weight is 222 g/mol. The van der Waals surface area contributed by atoms with E-state index < -0.39 is 0 Å². The molecular weight excluding hydrogens is 200 g/mol. The molecule has 0 aromatic carbocycles. The molecular formula is C13H22N2O. The van der Waals surface area contributed by atoms with Crippen LogP contribution in [0.4, 0.5) is 0 Å². The Balaban J connectivity index is 1.61. The molecule has 3 heteroatoms. The highest BCUT2D eigenvalue weighted by Crippen LogP contribution is 2.30. The third kappa shape index (κ3) is 2.10. The first kappa shape index (κ1) is 10.6. The standard InChI is InChI=1S/C13H22N2O/c1-2-5-10(6-3-1)12-9-16-13(15-12)11-7-4-8-14-11/h10-12,14H,1-9H2. The van der Waals surface area contributed by atoms with E-state index in [0.717, 1.165) is 25.0 Å². The van der Waals surface area contributed by atoms with Crippen molar-refractivity contribution in [2.45, 2.75) is 57.0 Å². The minimum atomic E-state index is 0.425. The fourth-order valence-electron chi connectivity index (χ4n) is 3.26. The maximum absolute atomic E-state index is 5.79. The van der Waals surface area contributed by atoms with Gasteiger partial charge in [-0.25, -0.2) is 4.99 Å². The highest BCUT2D eigenvalue weighted by atomic mass is 16.5. The van der Waals surface area contributed by atoms with Crippen molar-refractivity contribution in [1.29, 1.82) is 0 Å². The van der Waals surface area contributed by atoms with E-state index in [1.165, 1.54) is 44.9 Å². The van der Waals surface area contributed by atoms with Crippen LogP contribution in [-0.2, 0) is 4.74 Å². The first-order chi connectivity index (χ1) is 7.93.